The zero-order valence-electron chi connectivity index (χ0n) is 5.11. The van der Waals surface area contributed by atoms with Crippen LogP contribution < -0.4 is 10.9 Å². The van der Waals surface area contributed by atoms with Gasteiger partial charge in [-0.05, 0) is 0 Å². The third-order valence-corrected chi connectivity index (χ3v) is 0.822. The summed E-state index contributed by atoms with van der Waals surface area (Å²) in [7, 11) is 0. The van der Waals surface area contributed by atoms with Gasteiger partial charge in [0.05, 0.1) is 6.20 Å². The van der Waals surface area contributed by atoms with Gasteiger partial charge in [0, 0.05) is 12.4 Å². The molecule has 1 rings (SSSR count). The molecular formula is C5H6N4O. The first-order valence-corrected chi connectivity index (χ1v) is 2.64. The van der Waals surface area contributed by atoms with Crippen molar-refractivity contribution in [3.63, 3.8) is 0 Å². The molecule has 0 unspecified atom stereocenters. The number of hydrogen-bond acceptors (Lipinski definition) is 4. The van der Waals surface area contributed by atoms with Crippen molar-refractivity contribution in [2.24, 2.45) is 0 Å². The highest BCUT2D eigenvalue weighted by Gasteiger charge is 1.85. The lowest BCUT2D eigenvalue weighted by molar-refractivity contribution is -0.109. The highest BCUT2D eigenvalue weighted by atomic mass is 16.1. The van der Waals surface area contributed by atoms with Crippen LogP contribution in [0.4, 0.5) is 5.82 Å². The number of amides is 1. The molecule has 1 amide bonds. The largest absolute Gasteiger partial charge is 0.281 e. The molecule has 52 valence electrons. The van der Waals surface area contributed by atoms with Crippen molar-refractivity contribution in [3.8, 4) is 0 Å². The average molecular weight is 138 g/mol. The summed E-state index contributed by atoms with van der Waals surface area (Å²) in [5, 5.41) is 0. The summed E-state index contributed by atoms with van der Waals surface area (Å²) in [6.07, 6.45) is 5.09. The molecule has 0 aliphatic carbocycles. The molecule has 1 aromatic rings. The minimum absolute atomic E-state index is 0.509. The number of nitrogens with zero attached hydrogens (tertiary/aromatic N) is 2. The van der Waals surface area contributed by atoms with E-state index in [9.17, 15) is 4.79 Å². The monoisotopic (exact) mass is 138 g/mol. The van der Waals surface area contributed by atoms with E-state index in [1.807, 2.05) is 0 Å². The zero-order valence-corrected chi connectivity index (χ0v) is 5.11. The van der Waals surface area contributed by atoms with Gasteiger partial charge in [-0.2, -0.15) is 0 Å². The van der Waals surface area contributed by atoms with Crippen molar-refractivity contribution in [2.75, 3.05) is 5.43 Å². The molecule has 0 atom stereocenters. The fourth-order valence-corrected chi connectivity index (χ4v) is 0.467. The number of anilines is 1. The number of carbonyl (C=O) groups is 1. The first-order valence-electron chi connectivity index (χ1n) is 2.64. The second kappa shape index (κ2) is 3.39. The predicted octanol–water partition coefficient (Wildman–Crippen LogP) is -0.451. The van der Waals surface area contributed by atoms with E-state index >= 15 is 0 Å². The number of hydrogen-bond donors (Lipinski definition) is 2. The Kier molecular flexibility index (Phi) is 2.19. The molecule has 0 radical (unpaired) electrons. The summed E-state index contributed by atoms with van der Waals surface area (Å²) in [5.74, 6) is 0.509. The summed E-state index contributed by atoms with van der Waals surface area (Å²) >= 11 is 0. The van der Waals surface area contributed by atoms with Crippen molar-refractivity contribution in [3.05, 3.63) is 18.6 Å². The number of aromatic nitrogens is 2. The summed E-state index contributed by atoms with van der Waals surface area (Å²) in [6, 6.07) is 0. The van der Waals surface area contributed by atoms with Crippen molar-refractivity contribution in [1.82, 2.24) is 15.4 Å². The summed E-state index contributed by atoms with van der Waals surface area (Å²) in [6.45, 7) is 0. The van der Waals surface area contributed by atoms with E-state index in [0.29, 0.717) is 12.2 Å². The van der Waals surface area contributed by atoms with Gasteiger partial charge >= 0.3 is 0 Å². The van der Waals surface area contributed by atoms with E-state index in [0.717, 1.165) is 0 Å². The zero-order chi connectivity index (χ0) is 7.23. The van der Waals surface area contributed by atoms with Crippen LogP contribution >= 0.6 is 0 Å². The molecular weight excluding hydrogens is 132 g/mol. The molecule has 0 spiro atoms. The first kappa shape index (κ1) is 6.47. The highest BCUT2D eigenvalue weighted by Crippen LogP contribution is 1.92. The van der Waals surface area contributed by atoms with E-state index < -0.39 is 0 Å². The van der Waals surface area contributed by atoms with E-state index in [1.165, 1.54) is 12.4 Å². The van der Waals surface area contributed by atoms with E-state index in [1.54, 1.807) is 6.20 Å². The van der Waals surface area contributed by atoms with Crippen LogP contribution in [0.1, 0.15) is 0 Å². The van der Waals surface area contributed by atoms with Gasteiger partial charge in [-0.1, -0.05) is 0 Å². The van der Waals surface area contributed by atoms with Gasteiger partial charge in [-0.15, -0.1) is 0 Å². The van der Waals surface area contributed by atoms with Gasteiger partial charge in [0.2, 0.25) is 6.41 Å². The Hall–Kier alpha value is -1.65. The summed E-state index contributed by atoms with van der Waals surface area (Å²) in [4.78, 5) is 17.3. The molecule has 5 heteroatoms. The second-order valence-corrected chi connectivity index (χ2v) is 1.48. The maximum absolute atomic E-state index is 9.76. The van der Waals surface area contributed by atoms with Crippen LogP contribution in [0.3, 0.4) is 0 Å². The van der Waals surface area contributed by atoms with Gasteiger partial charge in [0.25, 0.3) is 0 Å². The van der Waals surface area contributed by atoms with Crippen LogP contribution in [0.5, 0.6) is 0 Å². The molecule has 0 saturated carbocycles. The normalized spacial score (nSPS) is 8.40. The van der Waals surface area contributed by atoms with Crippen LogP contribution in [-0.4, -0.2) is 16.4 Å². The maximum atomic E-state index is 9.76. The first-order chi connectivity index (χ1) is 4.93. The average Bonchev–Trinajstić information content (AvgIpc) is 2.03. The van der Waals surface area contributed by atoms with Crippen LogP contribution in [0.15, 0.2) is 18.6 Å². The molecule has 2 N–H and O–H groups in total. The fourth-order valence-electron chi connectivity index (χ4n) is 0.467. The lowest BCUT2D eigenvalue weighted by atomic mass is 10.7. The van der Waals surface area contributed by atoms with Crippen LogP contribution in [0, 0.1) is 0 Å². The van der Waals surface area contributed by atoms with Crippen molar-refractivity contribution >= 4 is 12.2 Å². The van der Waals surface area contributed by atoms with E-state index in [2.05, 4.69) is 20.8 Å². The highest BCUT2D eigenvalue weighted by molar-refractivity contribution is 5.49. The Labute approximate surface area is 57.5 Å². The third-order valence-electron chi connectivity index (χ3n) is 0.822. The summed E-state index contributed by atoms with van der Waals surface area (Å²) in [5.41, 5.74) is 4.73. The van der Waals surface area contributed by atoms with E-state index in [4.69, 9.17) is 0 Å². The van der Waals surface area contributed by atoms with Crippen molar-refractivity contribution < 1.29 is 4.79 Å². The molecule has 1 heterocycles. The standard InChI is InChI=1S/C5H6N4O/c10-4-8-9-5-3-6-1-2-7-5/h1-4H,(H,7,9)(H,8,10). The molecule has 0 aliphatic rings. The van der Waals surface area contributed by atoms with Crippen molar-refractivity contribution in [1.29, 1.82) is 0 Å². The van der Waals surface area contributed by atoms with Gasteiger partial charge < -0.3 is 0 Å². The fraction of sp³-hybridized carbons (Fsp3) is 0. The molecule has 1 aromatic heterocycles. The Morgan fingerprint density at radius 1 is 1.50 bits per heavy atom. The van der Waals surface area contributed by atoms with Gasteiger partial charge in [0.15, 0.2) is 5.82 Å². The Morgan fingerprint density at radius 3 is 3.00 bits per heavy atom. The number of nitrogens with one attached hydrogen (secondary N) is 2. The molecule has 0 saturated heterocycles. The third kappa shape index (κ3) is 1.70. The maximum Gasteiger partial charge on any atom is 0.225 e. The number of hydrazine groups is 1. The van der Waals surface area contributed by atoms with Crippen LogP contribution in [0.2, 0.25) is 0 Å². The Morgan fingerprint density at radius 2 is 2.40 bits per heavy atom. The van der Waals surface area contributed by atoms with Gasteiger partial charge in [-0.25, -0.2) is 4.98 Å². The Bertz CT molecular complexity index is 200. The minimum Gasteiger partial charge on any atom is -0.281 e. The summed E-state index contributed by atoms with van der Waals surface area (Å²) < 4.78 is 0. The number of carbonyl (C=O) groups excluding carboxylic acids is 1. The lowest BCUT2D eigenvalue weighted by Gasteiger charge is -1.98. The molecule has 10 heavy (non-hydrogen) atoms. The van der Waals surface area contributed by atoms with E-state index in [-0.39, 0.29) is 0 Å². The smallest absolute Gasteiger partial charge is 0.225 e. The molecule has 0 aliphatic heterocycles. The quantitative estimate of drug-likeness (QED) is 0.438. The molecule has 5 nitrogen and oxygen atoms in total. The molecule has 0 aromatic carbocycles. The molecule has 0 bridgehead atoms. The van der Waals surface area contributed by atoms with Crippen molar-refractivity contribution in [2.45, 2.75) is 0 Å². The van der Waals surface area contributed by atoms with Gasteiger partial charge in [-0.3, -0.25) is 20.6 Å². The Balaban J connectivity index is 2.50. The SMILES string of the molecule is O=CNNc1cnccn1. The van der Waals surface area contributed by atoms with Gasteiger partial charge in [0.1, 0.15) is 0 Å². The molecule has 0 fully saturated rings. The second-order valence-electron chi connectivity index (χ2n) is 1.48. The topological polar surface area (TPSA) is 66.9 Å². The van der Waals surface area contributed by atoms with Crippen LogP contribution in [0.25, 0.3) is 0 Å². The lowest BCUT2D eigenvalue weighted by Crippen LogP contribution is -2.19. The number of rotatable bonds is 3. The minimum atomic E-state index is 0.509. The van der Waals surface area contributed by atoms with Crippen LogP contribution in [-0.2, 0) is 4.79 Å². The predicted molar refractivity (Wildman–Crippen MR) is 34.9 cm³/mol.